The van der Waals surface area contributed by atoms with E-state index in [1.54, 1.807) is 0 Å². The van der Waals surface area contributed by atoms with Crippen LogP contribution in [0.1, 0.15) is 5.56 Å². The van der Waals surface area contributed by atoms with E-state index in [1.165, 1.54) is 0 Å². The van der Waals surface area contributed by atoms with Gasteiger partial charge in [-0.05, 0) is 6.07 Å². The molecule has 0 saturated carbocycles. The lowest BCUT2D eigenvalue weighted by atomic mass is 10.2. The Morgan fingerprint density at radius 1 is 1.26 bits per heavy atom. The Balaban J connectivity index is 2.18. The van der Waals surface area contributed by atoms with Crippen LogP contribution in [0.25, 0.3) is 0 Å². The number of pyridine rings is 1. The summed E-state index contributed by atoms with van der Waals surface area (Å²) in [4.78, 5) is 3.61. The van der Waals surface area contributed by atoms with E-state index in [9.17, 15) is 8.78 Å². The Bertz CT molecular complexity index is 595. The summed E-state index contributed by atoms with van der Waals surface area (Å²) in [5.41, 5.74) is 2.85. The highest BCUT2D eigenvalue weighted by Gasteiger charge is 2.12. The molecule has 0 aliphatic heterocycles. The van der Waals surface area contributed by atoms with Crippen molar-refractivity contribution in [2.75, 3.05) is 5.43 Å². The number of halogens is 3. The first kappa shape index (κ1) is 13.7. The van der Waals surface area contributed by atoms with Crippen LogP contribution in [0.4, 0.5) is 14.6 Å². The van der Waals surface area contributed by atoms with E-state index in [1.807, 2.05) is 29.7 Å². The molecule has 0 spiro atoms. The molecule has 0 fully saturated rings. The number of aromatic nitrogens is 1. The predicted octanol–water partition coefficient (Wildman–Crippen LogP) is 2.99. The molecule has 1 aromatic carbocycles. The Kier molecular flexibility index (Phi) is 4.28. The average molecular weight is 330 g/mol. The standard InChI is InChI=1S/C12H10BrF2N3O/c13-8-4-2-1-3-7(8)6-19-12-10(15)5-9(14)11(17-12)18-16/h1-5H,6,16H2,(H,17,18). The number of nitrogen functional groups attached to an aromatic ring is 1. The molecule has 0 unspecified atom stereocenters. The van der Waals surface area contributed by atoms with Gasteiger partial charge in [0.2, 0.25) is 0 Å². The highest BCUT2D eigenvalue weighted by atomic mass is 79.9. The molecule has 2 aromatic rings. The number of benzene rings is 1. The predicted molar refractivity (Wildman–Crippen MR) is 70.4 cm³/mol. The first-order chi connectivity index (χ1) is 9.11. The van der Waals surface area contributed by atoms with Gasteiger partial charge in [0.05, 0.1) is 0 Å². The van der Waals surface area contributed by atoms with Gasteiger partial charge in [-0.2, -0.15) is 4.98 Å². The van der Waals surface area contributed by atoms with Crippen molar-refractivity contribution in [2.24, 2.45) is 5.84 Å². The molecule has 7 heteroatoms. The van der Waals surface area contributed by atoms with Crippen LogP contribution in [0.5, 0.6) is 5.88 Å². The lowest BCUT2D eigenvalue weighted by Crippen LogP contribution is -2.12. The van der Waals surface area contributed by atoms with E-state index in [0.717, 1.165) is 10.0 Å². The van der Waals surface area contributed by atoms with Crippen LogP contribution >= 0.6 is 15.9 Å². The minimum atomic E-state index is -0.886. The van der Waals surface area contributed by atoms with Gasteiger partial charge in [0, 0.05) is 16.1 Å². The second-order valence-corrected chi connectivity index (χ2v) is 4.48. The smallest absolute Gasteiger partial charge is 0.252 e. The van der Waals surface area contributed by atoms with Gasteiger partial charge in [0.15, 0.2) is 17.5 Å². The van der Waals surface area contributed by atoms with E-state index < -0.39 is 11.6 Å². The lowest BCUT2D eigenvalue weighted by Gasteiger charge is -2.09. The van der Waals surface area contributed by atoms with Gasteiger partial charge in [0.1, 0.15) is 6.61 Å². The summed E-state index contributed by atoms with van der Waals surface area (Å²) >= 11 is 3.34. The topological polar surface area (TPSA) is 60.2 Å². The monoisotopic (exact) mass is 329 g/mol. The zero-order valence-corrected chi connectivity index (χ0v) is 11.2. The van der Waals surface area contributed by atoms with Crippen molar-refractivity contribution in [1.82, 2.24) is 4.98 Å². The van der Waals surface area contributed by atoms with E-state index >= 15 is 0 Å². The minimum Gasteiger partial charge on any atom is -0.471 e. The third-order valence-corrected chi connectivity index (χ3v) is 3.13. The molecule has 0 bridgehead atoms. The van der Waals surface area contributed by atoms with Crippen molar-refractivity contribution in [1.29, 1.82) is 0 Å². The number of rotatable bonds is 4. The normalized spacial score (nSPS) is 10.3. The molecule has 0 aliphatic carbocycles. The van der Waals surface area contributed by atoms with E-state index in [2.05, 4.69) is 20.9 Å². The van der Waals surface area contributed by atoms with Crippen LogP contribution in [0.15, 0.2) is 34.8 Å². The first-order valence-corrected chi connectivity index (χ1v) is 6.10. The van der Waals surface area contributed by atoms with Crippen LogP contribution in [-0.4, -0.2) is 4.98 Å². The largest absolute Gasteiger partial charge is 0.471 e. The van der Waals surface area contributed by atoms with Gasteiger partial charge in [0.25, 0.3) is 5.88 Å². The molecule has 3 N–H and O–H groups in total. The molecular weight excluding hydrogens is 320 g/mol. The summed E-state index contributed by atoms with van der Waals surface area (Å²) in [6, 6.07) is 7.98. The number of hydrogen-bond donors (Lipinski definition) is 2. The van der Waals surface area contributed by atoms with Gasteiger partial charge >= 0.3 is 0 Å². The van der Waals surface area contributed by atoms with Crippen LogP contribution < -0.4 is 16.0 Å². The first-order valence-electron chi connectivity index (χ1n) is 5.30. The second kappa shape index (κ2) is 5.94. The van der Waals surface area contributed by atoms with E-state index in [4.69, 9.17) is 10.6 Å². The Morgan fingerprint density at radius 2 is 2.00 bits per heavy atom. The van der Waals surface area contributed by atoms with Crippen LogP contribution in [-0.2, 0) is 6.61 Å². The highest BCUT2D eigenvalue weighted by Crippen LogP contribution is 2.22. The molecule has 4 nitrogen and oxygen atoms in total. The fraction of sp³-hybridized carbons (Fsp3) is 0.0833. The third-order valence-electron chi connectivity index (χ3n) is 2.36. The van der Waals surface area contributed by atoms with Gasteiger partial charge < -0.3 is 10.2 Å². The number of nitrogens with two attached hydrogens (primary N) is 1. The number of nitrogens with one attached hydrogen (secondary N) is 1. The molecule has 19 heavy (non-hydrogen) atoms. The fourth-order valence-electron chi connectivity index (χ4n) is 1.41. The summed E-state index contributed by atoms with van der Waals surface area (Å²) in [5, 5.41) is 0. The molecule has 0 radical (unpaired) electrons. The number of hydrazine groups is 1. The second-order valence-electron chi connectivity index (χ2n) is 3.63. The molecule has 2 rings (SSSR count). The zero-order valence-electron chi connectivity index (χ0n) is 9.66. The molecular formula is C12H10BrF2N3O. The van der Waals surface area contributed by atoms with Gasteiger partial charge in [-0.1, -0.05) is 34.1 Å². The van der Waals surface area contributed by atoms with Crippen LogP contribution in [0, 0.1) is 11.6 Å². The summed E-state index contributed by atoms with van der Waals surface area (Å²) < 4.78 is 32.7. The molecule has 1 aromatic heterocycles. The van der Waals surface area contributed by atoms with Crippen molar-refractivity contribution >= 4 is 21.7 Å². The van der Waals surface area contributed by atoms with E-state index in [-0.39, 0.29) is 18.3 Å². The molecule has 0 amide bonds. The van der Waals surface area contributed by atoms with Crippen molar-refractivity contribution in [2.45, 2.75) is 6.61 Å². The highest BCUT2D eigenvalue weighted by molar-refractivity contribution is 9.10. The lowest BCUT2D eigenvalue weighted by molar-refractivity contribution is 0.275. The number of nitrogens with zero attached hydrogens (tertiary/aromatic N) is 1. The average Bonchev–Trinajstić information content (AvgIpc) is 2.39. The molecule has 100 valence electrons. The number of hydrogen-bond acceptors (Lipinski definition) is 4. The minimum absolute atomic E-state index is 0.0982. The summed E-state index contributed by atoms with van der Waals surface area (Å²) in [7, 11) is 0. The maximum atomic E-state index is 13.5. The Labute approximate surface area is 116 Å². The van der Waals surface area contributed by atoms with Crippen LogP contribution in [0.3, 0.4) is 0 Å². The van der Waals surface area contributed by atoms with Gasteiger partial charge in [-0.3, -0.25) is 0 Å². The van der Waals surface area contributed by atoms with Gasteiger partial charge in [-0.25, -0.2) is 14.6 Å². The number of ether oxygens (including phenoxy) is 1. The van der Waals surface area contributed by atoms with Gasteiger partial charge in [-0.15, -0.1) is 0 Å². The Morgan fingerprint density at radius 3 is 2.68 bits per heavy atom. The number of anilines is 1. The third kappa shape index (κ3) is 3.18. The summed E-state index contributed by atoms with van der Waals surface area (Å²) in [6.07, 6.45) is 0. The maximum Gasteiger partial charge on any atom is 0.252 e. The maximum absolute atomic E-state index is 13.5. The molecule has 0 atom stereocenters. The summed E-state index contributed by atoms with van der Waals surface area (Å²) in [6.45, 7) is 0.0982. The zero-order chi connectivity index (χ0) is 13.8. The van der Waals surface area contributed by atoms with E-state index in [0.29, 0.717) is 6.07 Å². The molecule has 1 heterocycles. The van der Waals surface area contributed by atoms with Crippen molar-refractivity contribution in [3.63, 3.8) is 0 Å². The van der Waals surface area contributed by atoms with Crippen molar-refractivity contribution in [3.8, 4) is 5.88 Å². The van der Waals surface area contributed by atoms with Crippen molar-refractivity contribution < 1.29 is 13.5 Å². The Hall–Kier alpha value is -1.73. The quantitative estimate of drug-likeness (QED) is 0.668. The molecule has 0 aliphatic rings. The fourth-order valence-corrected chi connectivity index (χ4v) is 1.81. The van der Waals surface area contributed by atoms with Crippen LogP contribution in [0.2, 0.25) is 0 Å². The molecule has 0 saturated heterocycles. The summed E-state index contributed by atoms with van der Waals surface area (Å²) in [5.74, 6) is 2.71. The SMILES string of the molecule is NNc1nc(OCc2ccccc2Br)c(F)cc1F. The van der Waals surface area contributed by atoms with Crippen molar-refractivity contribution in [3.05, 3.63) is 52.0 Å².